The van der Waals surface area contributed by atoms with Crippen LogP contribution in [0.3, 0.4) is 0 Å². The molecule has 1 N–H and O–H groups in total. The number of hydrogen-bond donors (Lipinski definition) is 1. The second-order valence-electron chi connectivity index (χ2n) is 7.33. The Bertz CT molecular complexity index is 1050. The molecule has 1 unspecified atom stereocenters. The maximum Gasteiger partial charge on any atom is 0.419 e. The van der Waals surface area contributed by atoms with Crippen LogP contribution < -0.4 is 20.5 Å². The molecule has 2 aromatic carbocycles. The van der Waals surface area contributed by atoms with Crippen molar-refractivity contribution in [1.82, 2.24) is 9.88 Å². The highest BCUT2D eigenvalue weighted by atomic mass is 16.6. The summed E-state index contributed by atoms with van der Waals surface area (Å²) < 4.78 is 18.2. The molecule has 1 fully saturated rings. The first-order chi connectivity index (χ1) is 13.2. The Balaban J connectivity index is 1.37. The van der Waals surface area contributed by atoms with E-state index in [1.807, 2.05) is 24.3 Å². The quantitative estimate of drug-likeness (QED) is 0.751. The van der Waals surface area contributed by atoms with Crippen molar-refractivity contribution in [2.75, 3.05) is 13.2 Å². The minimum absolute atomic E-state index is 0.277. The Kier molecular flexibility index (Phi) is 3.93. The van der Waals surface area contributed by atoms with Gasteiger partial charge in [-0.2, -0.15) is 0 Å². The van der Waals surface area contributed by atoms with E-state index in [-0.39, 0.29) is 11.8 Å². The van der Waals surface area contributed by atoms with Gasteiger partial charge in [0, 0.05) is 19.6 Å². The first-order valence-corrected chi connectivity index (χ1v) is 9.40. The summed E-state index contributed by atoms with van der Waals surface area (Å²) in [5, 5.41) is 3.68. The zero-order valence-corrected chi connectivity index (χ0v) is 15.2. The lowest BCUT2D eigenvalue weighted by molar-refractivity contribution is 0.171. The van der Waals surface area contributed by atoms with Gasteiger partial charge in [-0.3, -0.25) is 4.57 Å². The molecule has 140 valence electrons. The van der Waals surface area contributed by atoms with Gasteiger partial charge in [-0.05, 0) is 54.2 Å². The third-order valence-corrected chi connectivity index (χ3v) is 5.40. The van der Waals surface area contributed by atoms with E-state index >= 15 is 0 Å². The van der Waals surface area contributed by atoms with Gasteiger partial charge in [0.25, 0.3) is 0 Å². The second-order valence-corrected chi connectivity index (χ2v) is 7.33. The molecule has 1 aromatic heterocycles. The van der Waals surface area contributed by atoms with Gasteiger partial charge in [-0.1, -0.05) is 12.1 Å². The highest BCUT2D eigenvalue weighted by molar-refractivity contribution is 5.73. The topological polar surface area (TPSA) is 65.6 Å². The molecule has 0 amide bonds. The SMILES string of the molecule is Cn1c(=O)oc2cc(CNC(c3ccc4c(c3)OCCO4)C3CC3)ccc21. The number of ether oxygens (including phenoxy) is 2. The van der Waals surface area contributed by atoms with Gasteiger partial charge in [-0.25, -0.2) is 4.79 Å². The van der Waals surface area contributed by atoms with Gasteiger partial charge in [0.15, 0.2) is 17.1 Å². The van der Waals surface area contributed by atoms with Crippen molar-refractivity contribution in [3.8, 4) is 11.5 Å². The average molecular weight is 366 g/mol. The molecule has 2 aliphatic rings. The van der Waals surface area contributed by atoms with Crippen LogP contribution in [-0.2, 0) is 13.6 Å². The fraction of sp³-hybridized carbons (Fsp3) is 0.381. The summed E-state index contributed by atoms with van der Waals surface area (Å²) in [6.45, 7) is 1.92. The molecule has 1 saturated carbocycles. The first-order valence-electron chi connectivity index (χ1n) is 9.40. The summed E-state index contributed by atoms with van der Waals surface area (Å²) in [5.41, 5.74) is 3.77. The number of rotatable bonds is 5. The highest BCUT2D eigenvalue weighted by Gasteiger charge is 2.32. The van der Waals surface area contributed by atoms with Crippen molar-refractivity contribution in [2.45, 2.75) is 25.4 Å². The van der Waals surface area contributed by atoms with Gasteiger partial charge >= 0.3 is 5.76 Å². The van der Waals surface area contributed by atoms with Crippen LogP contribution in [0.1, 0.15) is 30.0 Å². The number of aryl methyl sites for hydroxylation is 1. The molecule has 0 radical (unpaired) electrons. The molecule has 27 heavy (non-hydrogen) atoms. The van der Waals surface area contributed by atoms with Crippen LogP contribution in [0.2, 0.25) is 0 Å². The highest BCUT2D eigenvalue weighted by Crippen LogP contribution is 2.43. The molecule has 0 saturated heterocycles. The summed E-state index contributed by atoms with van der Waals surface area (Å²) in [4.78, 5) is 11.7. The van der Waals surface area contributed by atoms with Gasteiger partial charge in [0.1, 0.15) is 13.2 Å². The molecule has 1 atom stereocenters. The standard InChI is InChI=1S/C21H22N2O4/c1-23-16-6-2-13(10-18(16)27-21(23)24)12-22-20(14-3-4-14)15-5-7-17-19(11-15)26-9-8-25-17/h2,5-7,10-11,14,20,22H,3-4,8-9,12H2,1H3. The van der Waals surface area contributed by atoms with E-state index in [1.54, 1.807) is 7.05 Å². The van der Waals surface area contributed by atoms with Gasteiger partial charge < -0.3 is 19.2 Å². The van der Waals surface area contributed by atoms with Gasteiger partial charge in [-0.15, -0.1) is 0 Å². The number of nitrogens with one attached hydrogen (secondary N) is 1. The van der Waals surface area contributed by atoms with E-state index in [0.29, 0.717) is 31.3 Å². The molecule has 6 nitrogen and oxygen atoms in total. The summed E-state index contributed by atoms with van der Waals surface area (Å²) >= 11 is 0. The van der Waals surface area contributed by atoms with Crippen molar-refractivity contribution >= 4 is 11.1 Å². The average Bonchev–Trinajstić information content (AvgIpc) is 3.48. The number of hydrogen-bond acceptors (Lipinski definition) is 5. The predicted molar refractivity (Wildman–Crippen MR) is 101 cm³/mol. The lowest BCUT2D eigenvalue weighted by Gasteiger charge is -2.23. The molecule has 3 aromatic rings. The summed E-state index contributed by atoms with van der Waals surface area (Å²) in [7, 11) is 1.72. The van der Waals surface area contributed by atoms with Crippen molar-refractivity contribution < 1.29 is 13.9 Å². The van der Waals surface area contributed by atoms with Crippen LogP contribution in [0.5, 0.6) is 11.5 Å². The predicted octanol–water partition coefficient (Wildman–Crippen LogP) is 3.14. The fourth-order valence-corrected chi connectivity index (χ4v) is 3.76. The van der Waals surface area contributed by atoms with E-state index < -0.39 is 0 Å². The van der Waals surface area contributed by atoms with Crippen LogP contribution in [0, 0.1) is 5.92 Å². The van der Waals surface area contributed by atoms with E-state index in [1.165, 1.54) is 23.0 Å². The molecular weight excluding hydrogens is 344 g/mol. The van der Waals surface area contributed by atoms with E-state index in [4.69, 9.17) is 13.9 Å². The zero-order valence-electron chi connectivity index (χ0n) is 15.2. The van der Waals surface area contributed by atoms with Gasteiger partial charge in [0.2, 0.25) is 0 Å². The number of oxazole rings is 1. The largest absolute Gasteiger partial charge is 0.486 e. The first kappa shape index (κ1) is 16.4. The van der Waals surface area contributed by atoms with E-state index in [9.17, 15) is 4.79 Å². The minimum atomic E-state index is -0.331. The Morgan fingerprint density at radius 1 is 1.11 bits per heavy atom. The van der Waals surface area contributed by atoms with Crippen molar-refractivity contribution in [3.05, 3.63) is 58.1 Å². The maximum atomic E-state index is 11.7. The Morgan fingerprint density at radius 2 is 1.93 bits per heavy atom. The van der Waals surface area contributed by atoms with Crippen LogP contribution in [0.15, 0.2) is 45.6 Å². The lowest BCUT2D eigenvalue weighted by Crippen LogP contribution is -2.23. The number of fused-ring (bicyclic) bond motifs is 2. The minimum Gasteiger partial charge on any atom is -0.486 e. The van der Waals surface area contributed by atoms with E-state index in [0.717, 1.165) is 22.6 Å². The van der Waals surface area contributed by atoms with E-state index in [2.05, 4.69) is 17.4 Å². The Morgan fingerprint density at radius 3 is 2.74 bits per heavy atom. The molecule has 0 bridgehead atoms. The molecule has 1 aliphatic heterocycles. The number of nitrogens with zero attached hydrogens (tertiary/aromatic N) is 1. The maximum absolute atomic E-state index is 11.7. The van der Waals surface area contributed by atoms with Crippen LogP contribution in [0.4, 0.5) is 0 Å². The van der Waals surface area contributed by atoms with Crippen molar-refractivity contribution in [2.24, 2.45) is 13.0 Å². The smallest absolute Gasteiger partial charge is 0.419 e. The van der Waals surface area contributed by atoms with Crippen LogP contribution >= 0.6 is 0 Å². The fourth-order valence-electron chi connectivity index (χ4n) is 3.76. The summed E-state index contributed by atoms with van der Waals surface area (Å²) in [6, 6.07) is 12.4. The molecular formula is C21H22N2O4. The van der Waals surface area contributed by atoms with Gasteiger partial charge in [0.05, 0.1) is 5.52 Å². The number of aromatic nitrogens is 1. The van der Waals surface area contributed by atoms with Crippen molar-refractivity contribution in [1.29, 1.82) is 0 Å². The zero-order chi connectivity index (χ0) is 18.4. The Hall–Kier alpha value is -2.73. The molecule has 5 rings (SSSR count). The van der Waals surface area contributed by atoms with Crippen LogP contribution in [0.25, 0.3) is 11.1 Å². The summed E-state index contributed by atoms with van der Waals surface area (Å²) in [6.07, 6.45) is 2.47. The van der Waals surface area contributed by atoms with Crippen molar-refractivity contribution in [3.63, 3.8) is 0 Å². The normalized spacial score (nSPS) is 17.2. The third-order valence-electron chi connectivity index (χ3n) is 5.40. The monoisotopic (exact) mass is 366 g/mol. The third kappa shape index (κ3) is 3.10. The van der Waals surface area contributed by atoms with Crippen LogP contribution in [-0.4, -0.2) is 17.8 Å². The number of benzene rings is 2. The molecule has 0 spiro atoms. The molecule has 2 heterocycles. The second kappa shape index (κ2) is 6.46. The summed E-state index contributed by atoms with van der Waals surface area (Å²) in [5.74, 6) is 1.97. The molecule has 6 heteroatoms. The Labute approximate surface area is 156 Å². The molecule has 1 aliphatic carbocycles. The lowest BCUT2D eigenvalue weighted by atomic mass is 10.0.